The zero-order chi connectivity index (χ0) is 31.4. The molecule has 0 aromatic rings. The number of likely N-dealkylation sites (N-methyl/N-ethyl adjacent to an activating group) is 2. The number of methoxy groups -OCH3 is 2. The van der Waals surface area contributed by atoms with Crippen molar-refractivity contribution in [3.8, 4) is 0 Å². The summed E-state index contributed by atoms with van der Waals surface area (Å²) in [6.45, 7) is 6.92. The van der Waals surface area contributed by atoms with E-state index in [2.05, 4.69) is 10.1 Å². The van der Waals surface area contributed by atoms with Crippen molar-refractivity contribution in [2.24, 2.45) is 0 Å². The number of carbonyl (C=O) groups excluding carboxylic acids is 5. The molecule has 0 spiro atoms. The fourth-order valence-electron chi connectivity index (χ4n) is 3.75. The quantitative estimate of drug-likeness (QED) is 0.299. The first-order valence-corrected chi connectivity index (χ1v) is 10.6. The van der Waals surface area contributed by atoms with Crippen LogP contribution in [0.25, 0.3) is 0 Å². The third-order valence-electron chi connectivity index (χ3n) is 5.83. The monoisotopic (exact) mass is 546 g/mol. The molecule has 212 valence electrons. The zero-order valence-electron chi connectivity index (χ0n) is 26.9. The fourth-order valence-corrected chi connectivity index (χ4v) is 3.75. The number of nitrogens with zero attached hydrogens (tertiary/aromatic N) is 3. The average Bonchev–Trinajstić information content (AvgIpc) is 3.64. The van der Waals surface area contributed by atoms with Crippen LogP contribution in [0, 0.1) is 0 Å². The Morgan fingerprint density at radius 3 is 1.89 bits per heavy atom. The molecule has 2 saturated heterocycles. The van der Waals surface area contributed by atoms with Gasteiger partial charge in [0.1, 0.15) is 5.60 Å². The van der Waals surface area contributed by atoms with Gasteiger partial charge in [-0.1, -0.05) is 7.43 Å². The van der Waals surface area contributed by atoms with Gasteiger partial charge < -0.3 is 34.2 Å². The summed E-state index contributed by atoms with van der Waals surface area (Å²) >= 11 is 0. The van der Waals surface area contributed by atoms with Crippen molar-refractivity contribution in [1.29, 1.82) is 0 Å². The molecule has 35 heavy (non-hydrogen) atoms. The first-order chi connectivity index (χ1) is 18.3. The van der Waals surface area contributed by atoms with E-state index in [0.29, 0.717) is 38.8 Å². The summed E-state index contributed by atoms with van der Waals surface area (Å²) in [5, 5.41) is 3.04. The Bertz CT molecular complexity index is 767. The van der Waals surface area contributed by atoms with Crippen molar-refractivity contribution in [3.63, 3.8) is 0 Å². The largest absolute Gasteiger partial charge is 0.467 e. The fraction of sp³-hybridized carbons (Fsp3) is 0.773. The van der Waals surface area contributed by atoms with E-state index < -0.39 is 28.7 Å². The average molecular weight is 547 g/mol. The van der Waals surface area contributed by atoms with Crippen molar-refractivity contribution in [2.75, 3.05) is 54.5 Å². The van der Waals surface area contributed by atoms with Gasteiger partial charge >= 0.3 is 18.0 Å². The third-order valence-corrected chi connectivity index (χ3v) is 5.83. The van der Waals surface area contributed by atoms with Crippen molar-refractivity contribution in [1.82, 2.24) is 20.0 Å². The van der Waals surface area contributed by atoms with E-state index in [9.17, 15) is 24.0 Å². The van der Waals surface area contributed by atoms with E-state index >= 15 is 0 Å². The molecule has 0 aromatic heterocycles. The molecular formula is C22H49ClN4O8. The molecule has 2 heterocycles. The summed E-state index contributed by atoms with van der Waals surface area (Å²) in [5.74, 6) is -0.884. The second kappa shape index (κ2) is 14.1. The maximum atomic E-state index is 12.0. The van der Waals surface area contributed by atoms with E-state index in [1.165, 1.54) is 36.0 Å². The Balaban J connectivity index is -0.000000129. The maximum absolute atomic E-state index is 12.0. The lowest BCUT2D eigenvalue weighted by Gasteiger charge is -2.33. The molecular weight excluding hydrogens is 484 g/mol. The Morgan fingerprint density at radius 2 is 1.49 bits per heavy atom. The van der Waals surface area contributed by atoms with Crippen LogP contribution >= 0.6 is 12.4 Å². The molecule has 3 amide bonds. The molecule has 2 aliphatic rings. The van der Waals surface area contributed by atoms with Gasteiger partial charge in [0, 0.05) is 43.9 Å². The van der Waals surface area contributed by atoms with Gasteiger partial charge in [-0.2, -0.15) is 0 Å². The minimum absolute atomic E-state index is 0. The second-order valence-electron chi connectivity index (χ2n) is 9.06. The molecule has 2 atom stereocenters. The van der Waals surface area contributed by atoms with E-state index in [4.69, 9.17) is 18.4 Å². The number of esters is 2. The molecule has 0 aliphatic carbocycles. The molecule has 13 heteroatoms. The number of ether oxygens (including phenoxy) is 3. The smallest absolute Gasteiger partial charge is 0.410 e. The lowest BCUT2D eigenvalue weighted by Crippen LogP contribution is -2.55. The van der Waals surface area contributed by atoms with Crippen LogP contribution in [-0.4, -0.2) is 117 Å². The summed E-state index contributed by atoms with van der Waals surface area (Å²) in [5.41, 5.74) is -2.53. The number of halogens is 1. The van der Waals surface area contributed by atoms with Crippen molar-refractivity contribution in [2.45, 2.75) is 57.7 Å². The number of likely N-dealkylation sites (tertiary alicyclic amines) is 1. The van der Waals surface area contributed by atoms with E-state index in [-0.39, 0.29) is 33.8 Å². The highest BCUT2D eigenvalue weighted by Gasteiger charge is 2.51. The van der Waals surface area contributed by atoms with Crippen LogP contribution in [0.1, 0.15) is 51.4 Å². The number of amides is 3. The van der Waals surface area contributed by atoms with Crippen molar-refractivity contribution in [3.05, 3.63) is 0 Å². The van der Waals surface area contributed by atoms with Crippen LogP contribution in [0.4, 0.5) is 4.79 Å². The van der Waals surface area contributed by atoms with Gasteiger partial charge in [-0.15, -0.1) is 12.4 Å². The molecule has 1 N–H and O–H groups in total. The highest BCUT2D eigenvalue weighted by molar-refractivity contribution is 5.86. The van der Waals surface area contributed by atoms with Crippen LogP contribution in [0.5, 0.6) is 0 Å². The molecule has 0 radical (unpaired) electrons. The second-order valence-corrected chi connectivity index (χ2v) is 9.06. The number of hydrogen-bond donors (Lipinski definition) is 1. The van der Waals surface area contributed by atoms with Gasteiger partial charge in [-0.3, -0.25) is 9.59 Å². The normalized spacial score (nSPS) is 23.5. The van der Waals surface area contributed by atoms with E-state index in [1.807, 2.05) is 0 Å². The highest BCUT2D eigenvalue weighted by Crippen LogP contribution is 2.29. The number of hydrogen-bond acceptors (Lipinski definition) is 9. The molecule has 12 nitrogen and oxygen atoms in total. The Morgan fingerprint density at radius 1 is 1.00 bits per heavy atom. The molecule has 0 saturated carbocycles. The highest BCUT2D eigenvalue weighted by atomic mass is 35.5. The van der Waals surface area contributed by atoms with Crippen molar-refractivity contribution < 1.29 is 48.5 Å². The molecule has 0 bridgehead atoms. The van der Waals surface area contributed by atoms with Gasteiger partial charge in [-0.25, -0.2) is 14.4 Å². The van der Waals surface area contributed by atoms with Gasteiger partial charge in [0.2, 0.25) is 12.8 Å². The van der Waals surface area contributed by atoms with Crippen LogP contribution in [0.3, 0.4) is 0 Å². The Labute approximate surface area is 224 Å². The lowest BCUT2D eigenvalue weighted by atomic mass is 9.97. The minimum Gasteiger partial charge on any atom is -0.467 e. The lowest BCUT2D eigenvalue weighted by molar-refractivity contribution is -0.156. The predicted molar refractivity (Wildman–Crippen MR) is 139 cm³/mol. The summed E-state index contributed by atoms with van der Waals surface area (Å²) in [6, 6.07) is 0. The third kappa shape index (κ3) is 7.96. The first-order valence-electron chi connectivity index (χ1n) is 13.6. The van der Waals surface area contributed by atoms with Gasteiger partial charge in [0.25, 0.3) is 0 Å². The van der Waals surface area contributed by atoms with Crippen LogP contribution in [-0.2, 0) is 33.4 Å². The summed E-state index contributed by atoms with van der Waals surface area (Å²) < 4.78 is 44.7. The molecule has 2 fully saturated rings. The zero-order valence-corrected chi connectivity index (χ0v) is 21.7. The summed E-state index contributed by atoms with van der Waals surface area (Å²) in [4.78, 5) is 61.1. The maximum Gasteiger partial charge on any atom is 0.410 e. The first kappa shape index (κ1) is 28.6. The molecule has 2 unspecified atom stereocenters. The SMILES string of the molecule is C.COC(=O)C1(N(C)C=O)CCN(C(=O)OC(C)(C)C)C1.COC(=O)C1(N(C)C=O)CCNC1.Cl.[3HH].[3H][3H].[3H][3H].[3H][3H]. The molecule has 0 aromatic carbocycles. The van der Waals surface area contributed by atoms with Crippen LogP contribution < -0.4 is 5.32 Å². The van der Waals surface area contributed by atoms with E-state index in [1.54, 1.807) is 27.8 Å². The standard InChI is InChI=1S/C13H22N2O5.C8H14N2O3.CH4.ClH.4H2/c1-12(2,3)20-11(18)15-7-6-13(8-15,10(17)19-5)14(4)9-16;1-10(6-11)8(7(12)13-2)3-4-9-5-8;;;;;;/h9H,6-8H2,1-5H3;6,9H,3-5H2,1-2H3;1H4;5*1H/i;;;;3*1+2T;1+2. The molecule has 2 rings (SSSR count). The Hall–Kier alpha value is -2.60. The summed E-state index contributed by atoms with van der Waals surface area (Å²) in [7, 11) is 5.69. The van der Waals surface area contributed by atoms with Crippen molar-refractivity contribution >= 4 is 43.3 Å². The topological polar surface area (TPSA) is 135 Å². The summed E-state index contributed by atoms with van der Waals surface area (Å²) in [6.07, 6.45) is 1.66. The van der Waals surface area contributed by atoms with E-state index in [0.717, 1.165) is 6.54 Å². The van der Waals surface area contributed by atoms with Gasteiger partial charge in [-0.05, 0) is 33.7 Å². The van der Waals surface area contributed by atoms with Gasteiger partial charge in [0.05, 0.1) is 20.8 Å². The van der Waals surface area contributed by atoms with Crippen LogP contribution in [0.15, 0.2) is 0 Å². The number of nitrogens with one attached hydrogen (secondary N) is 1. The predicted octanol–water partition coefficient (Wildman–Crippen LogP) is 1.65. The number of rotatable bonds is 6. The van der Waals surface area contributed by atoms with Crippen LogP contribution in [0.2, 0.25) is 0 Å². The van der Waals surface area contributed by atoms with Gasteiger partial charge in [0.15, 0.2) is 11.1 Å². The molecule has 2 aliphatic heterocycles. The number of carbonyl (C=O) groups is 5. The minimum atomic E-state index is -1.13. The Kier molecular flexibility index (Phi) is 11.5.